The number of halogens is 3. The minimum Gasteiger partial charge on any atom is -0.449 e. The first kappa shape index (κ1) is 19.9. The molecule has 5 nitrogen and oxygen atoms in total. The van der Waals surface area contributed by atoms with Crippen LogP contribution in [-0.2, 0) is 4.74 Å². The van der Waals surface area contributed by atoms with Gasteiger partial charge < -0.3 is 9.15 Å². The van der Waals surface area contributed by atoms with Crippen LogP contribution in [0.4, 0.5) is 13.2 Å². The summed E-state index contributed by atoms with van der Waals surface area (Å²) in [6.45, 7) is 3.52. The van der Waals surface area contributed by atoms with Crippen LogP contribution < -0.4 is 0 Å². The van der Waals surface area contributed by atoms with Crippen molar-refractivity contribution < 1.29 is 27.1 Å². The average Bonchev–Trinajstić information content (AvgIpc) is 3.12. The molecule has 3 aromatic rings. The third-order valence-corrected chi connectivity index (χ3v) is 4.43. The number of alkyl halides is 3. The molecule has 9 heteroatoms. The molecule has 146 valence electrons. The van der Waals surface area contributed by atoms with E-state index in [4.69, 9.17) is 9.15 Å². The number of thioether (sulfide) groups is 1. The number of carbonyl (C=O) groups is 1. The van der Waals surface area contributed by atoms with Gasteiger partial charge in [-0.15, -0.1) is 10.2 Å². The summed E-state index contributed by atoms with van der Waals surface area (Å²) in [5.74, 6) is -0.286. The molecule has 28 heavy (non-hydrogen) atoms. The second-order valence-corrected chi connectivity index (χ2v) is 7.07. The van der Waals surface area contributed by atoms with Crippen molar-refractivity contribution in [1.29, 1.82) is 0 Å². The van der Waals surface area contributed by atoms with Crippen molar-refractivity contribution in [1.82, 2.24) is 10.2 Å². The van der Waals surface area contributed by atoms with Gasteiger partial charge in [-0.3, -0.25) is 0 Å². The van der Waals surface area contributed by atoms with E-state index in [-0.39, 0.29) is 28.1 Å². The number of ether oxygens (including phenoxy) is 1. The summed E-state index contributed by atoms with van der Waals surface area (Å²) < 4.78 is 47.9. The maximum atomic E-state index is 12.4. The lowest BCUT2D eigenvalue weighted by molar-refractivity contribution is -0.0328. The number of esters is 1. The molecule has 0 saturated heterocycles. The van der Waals surface area contributed by atoms with Crippen LogP contribution in [0.25, 0.3) is 11.5 Å². The molecule has 0 fully saturated rings. The number of carbonyl (C=O) groups excluding carboxylic acids is 1. The lowest BCUT2D eigenvalue weighted by atomic mass is 10.1. The standard InChI is InChI=1S/C19H15F3N2O3S/c1-11-3-5-13(6-4-11)17-24-23-16(27-17)12(2)26-18(25)14-7-9-15(10-8-14)28-19(20,21)22/h3-10,12H,1-2H3. The Labute approximate surface area is 162 Å². The summed E-state index contributed by atoms with van der Waals surface area (Å²) in [6, 6.07) is 12.5. The first-order chi connectivity index (χ1) is 13.2. The van der Waals surface area contributed by atoms with E-state index in [0.717, 1.165) is 11.1 Å². The second kappa shape index (κ2) is 8.05. The number of aromatic nitrogens is 2. The van der Waals surface area contributed by atoms with Crippen LogP contribution in [0.1, 0.15) is 34.8 Å². The molecule has 0 aliphatic carbocycles. The van der Waals surface area contributed by atoms with E-state index in [1.807, 2.05) is 31.2 Å². The Morgan fingerprint density at radius 1 is 1.07 bits per heavy atom. The molecule has 2 aromatic carbocycles. The molecule has 0 amide bonds. The van der Waals surface area contributed by atoms with Crippen molar-refractivity contribution in [3.05, 3.63) is 65.5 Å². The van der Waals surface area contributed by atoms with Crippen LogP contribution in [-0.4, -0.2) is 21.7 Å². The maximum absolute atomic E-state index is 12.4. The first-order valence-electron chi connectivity index (χ1n) is 8.18. The Hall–Kier alpha value is -2.81. The topological polar surface area (TPSA) is 65.2 Å². The first-order valence-corrected chi connectivity index (χ1v) is 9.00. The lowest BCUT2D eigenvalue weighted by Gasteiger charge is -2.10. The summed E-state index contributed by atoms with van der Waals surface area (Å²) in [5, 5.41) is 7.84. The molecule has 0 radical (unpaired) electrons. The third-order valence-electron chi connectivity index (χ3n) is 3.69. The maximum Gasteiger partial charge on any atom is 0.446 e. The van der Waals surface area contributed by atoms with E-state index in [2.05, 4.69) is 10.2 Å². The summed E-state index contributed by atoms with van der Waals surface area (Å²) in [4.78, 5) is 12.2. The minimum absolute atomic E-state index is 0.0169. The highest BCUT2D eigenvalue weighted by molar-refractivity contribution is 8.00. The molecule has 0 aliphatic heterocycles. The fourth-order valence-electron chi connectivity index (χ4n) is 2.28. The number of benzene rings is 2. The molecule has 0 aliphatic rings. The normalized spacial score (nSPS) is 12.6. The van der Waals surface area contributed by atoms with Crippen molar-refractivity contribution >= 4 is 17.7 Å². The molecule has 1 aromatic heterocycles. The molecule has 1 unspecified atom stereocenters. The van der Waals surface area contributed by atoms with E-state index in [1.165, 1.54) is 24.3 Å². The predicted octanol–water partition coefficient (Wildman–Crippen LogP) is 5.57. The average molecular weight is 408 g/mol. The van der Waals surface area contributed by atoms with Gasteiger partial charge in [0.2, 0.25) is 5.89 Å². The predicted molar refractivity (Wildman–Crippen MR) is 96.7 cm³/mol. The largest absolute Gasteiger partial charge is 0.449 e. The number of hydrogen-bond acceptors (Lipinski definition) is 6. The molecular weight excluding hydrogens is 393 g/mol. The molecule has 0 bridgehead atoms. The highest BCUT2D eigenvalue weighted by Crippen LogP contribution is 2.36. The van der Waals surface area contributed by atoms with Gasteiger partial charge in [-0.25, -0.2) is 4.79 Å². The molecule has 0 N–H and O–H groups in total. The van der Waals surface area contributed by atoms with Gasteiger partial charge in [-0.1, -0.05) is 17.7 Å². The van der Waals surface area contributed by atoms with Crippen molar-refractivity contribution in [3.8, 4) is 11.5 Å². The number of aryl methyl sites for hydroxylation is 1. The molecule has 0 spiro atoms. The summed E-state index contributed by atoms with van der Waals surface area (Å²) in [7, 11) is 0. The van der Waals surface area contributed by atoms with E-state index in [9.17, 15) is 18.0 Å². The third kappa shape index (κ3) is 5.13. The van der Waals surface area contributed by atoms with Crippen LogP contribution in [0.3, 0.4) is 0 Å². The van der Waals surface area contributed by atoms with Crippen LogP contribution in [0.2, 0.25) is 0 Å². The van der Waals surface area contributed by atoms with Crippen molar-refractivity contribution in [3.63, 3.8) is 0 Å². The number of hydrogen-bond donors (Lipinski definition) is 0. The summed E-state index contributed by atoms with van der Waals surface area (Å²) in [6.07, 6.45) is -0.816. The van der Waals surface area contributed by atoms with Crippen LogP contribution in [0, 0.1) is 6.92 Å². The Morgan fingerprint density at radius 3 is 2.32 bits per heavy atom. The van der Waals surface area contributed by atoms with Gasteiger partial charge in [-0.2, -0.15) is 13.2 Å². The van der Waals surface area contributed by atoms with Crippen LogP contribution >= 0.6 is 11.8 Å². The van der Waals surface area contributed by atoms with E-state index < -0.39 is 17.6 Å². The highest BCUT2D eigenvalue weighted by Gasteiger charge is 2.29. The Morgan fingerprint density at radius 2 is 1.71 bits per heavy atom. The Balaban J connectivity index is 1.65. The summed E-state index contributed by atoms with van der Waals surface area (Å²) >= 11 is -0.252. The quantitative estimate of drug-likeness (QED) is 0.406. The second-order valence-electron chi connectivity index (χ2n) is 5.93. The summed E-state index contributed by atoms with van der Waals surface area (Å²) in [5.41, 5.74) is -2.44. The van der Waals surface area contributed by atoms with E-state index in [1.54, 1.807) is 6.92 Å². The SMILES string of the molecule is Cc1ccc(-c2nnc(C(C)OC(=O)c3ccc(SC(F)(F)F)cc3)o2)cc1. The van der Waals surface area contributed by atoms with Gasteiger partial charge in [0.25, 0.3) is 5.89 Å². The van der Waals surface area contributed by atoms with Gasteiger partial charge >= 0.3 is 11.5 Å². The number of nitrogens with zero attached hydrogens (tertiary/aromatic N) is 2. The number of rotatable bonds is 5. The van der Waals surface area contributed by atoms with Gasteiger partial charge in [0, 0.05) is 10.5 Å². The molecule has 3 rings (SSSR count). The van der Waals surface area contributed by atoms with E-state index in [0.29, 0.717) is 5.89 Å². The van der Waals surface area contributed by atoms with Gasteiger partial charge in [0.1, 0.15) is 0 Å². The Kier molecular flexibility index (Phi) is 5.73. The zero-order valence-corrected chi connectivity index (χ0v) is 15.7. The van der Waals surface area contributed by atoms with E-state index >= 15 is 0 Å². The minimum atomic E-state index is -4.39. The molecule has 1 atom stereocenters. The van der Waals surface area contributed by atoms with Crippen LogP contribution in [0.5, 0.6) is 0 Å². The van der Waals surface area contributed by atoms with Gasteiger partial charge in [0.05, 0.1) is 5.56 Å². The molecule has 0 saturated carbocycles. The smallest absolute Gasteiger partial charge is 0.446 e. The zero-order chi connectivity index (χ0) is 20.3. The highest BCUT2D eigenvalue weighted by atomic mass is 32.2. The Bertz CT molecular complexity index is 954. The fourth-order valence-corrected chi connectivity index (χ4v) is 2.82. The van der Waals surface area contributed by atoms with Gasteiger partial charge in [-0.05, 0) is 62.0 Å². The monoisotopic (exact) mass is 408 g/mol. The zero-order valence-electron chi connectivity index (χ0n) is 14.9. The fraction of sp³-hybridized carbons (Fsp3) is 0.211. The van der Waals surface area contributed by atoms with Gasteiger partial charge in [0.15, 0.2) is 6.10 Å². The van der Waals surface area contributed by atoms with Crippen molar-refractivity contribution in [2.75, 3.05) is 0 Å². The van der Waals surface area contributed by atoms with Crippen molar-refractivity contribution in [2.45, 2.75) is 30.4 Å². The van der Waals surface area contributed by atoms with Crippen molar-refractivity contribution in [2.24, 2.45) is 0 Å². The lowest BCUT2D eigenvalue weighted by Crippen LogP contribution is -2.09. The van der Waals surface area contributed by atoms with Crippen LogP contribution in [0.15, 0.2) is 57.8 Å². The molecular formula is C19H15F3N2O3S. The molecule has 1 heterocycles.